The lowest BCUT2D eigenvalue weighted by atomic mass is 10.1. The minimum atomic E-state index is -0.747. The monoisotopic (exact) mass is 324 g/mol. The van der Waals surface area contributed by atoms with Gasteiger partial charge in [-0.25, -0.2) is 4.79 Å². The zero-order valence-electron chi connectivity index (χ0n) is 12.6. The summed E-state index contributed by atoms with van der Waals surface area (Å²) in [5.41, 5.74) is 0. The van der Waals surface area contributed by atoms with Crippen LogP contribution in [-0.2, 0) is 6.42 Å². The first-order valence-electron chi connectivity index (χ1n) is 7.19. The van der Waals surface area contributed by atoms with Crippen molar-refractivity contribution in [2.45, 2.75) is 45.3 Å². The van der Waals surface area contributed by atoms with Gasteiger partial charge in [0.1, 0.15) is 16.9 Å². The van der Waals surface area contributed by atoms with Crippen LogP contribution in [0.15, 0.2) is 22.8 Å². The first-order valence-corrected chi connectivity index (χ1v) is 8.01. The normalized spacial score (nSPS) is 13.6. The highest BCUT2D eigenvalue weighted by molar-refractivity contribution is 7.15. The van der Waals surface area contributed by atoms with Gasteiger partial charge in [0.2, 0.25) is 5.13 Å². The Morgan fingerprint density at radius 2 is 2.32 bits per heavy atom. The van der Waals surface area contributed by atoms with Crippen molar-refractivity contribution >= 4 is 22.5 Å². The zero-order chi connectivity index (χ0) is 15.9. The molecule has 2 amide bonds. The number of carbonyl (C=O) groups is 1. The molecule has 2 atom stereocenters. The molecule has 0 aliphatic heterocycles. The topological polar surface area (TPSA) is 100 Å². The Bertz CT molecular complexity index is 585. The minimum Gasteiger partial charge on any atom is -0.467 e. The molecule has 0 fully saturated rings. The summed E-state index contributed by atoms with van der Waals surface area (Å²) < 4.78 is 5.13. The third kappa shape index (κ3) is 4.81. The predicted molar refractivity (Wildman–Crippen MR) is 83.8 cm³/mol. The average molecular weight is 324 g/mol. The van der Waals surface area contributed by atoms with Crippen LogP contribution in [0.1, 0.15) is 43.6 Å². The number of hydrogen-bond acceptors (Lipinski definition) is 6. The first-order chi connectivity index (χ1) is 10.6. The van der Waals surface area contributed by atoms with Gasteiger partial charge in [-0.05, 0) is 25.5 Å². The van der Waals surface area contributed by atoms with Crippen LogP contribution >= 0.6 is 11.3 Å². The third-order valence-corrected chi connectivity index (χ3v) is 3.88. The molecule has 2 aromatic heterocycles. The molecule has 2 heterocycles. The Labute approximate surface area is 132 Å². The zero-order valence-corrected chi connectivity index (χ0v) is 13.4. The second kappa shape index (κ2) is 7.90. The number of aliphatic hydroxyl groups is 1. The van der Waals surface area contributed by atoms with Crippen LogP contribution in [0.25, 0.3) is 0 Å². The van der Waals surface area contributed by atoms with Gasteiger partial charge in [0.15, 0.2) is 0 Å². The summed E-state index contributed by atoms with van der Waals surface area (Å²) in [7, 11) is 0. The Morgan fingerprint density at radius 3 is 3.00 bits per heavy atom. The van der Waals surface area contributed by atoms with Crippen LogP contribution in [0.4, 0.5) is 9.93 Å². The SMILES string of the molecule is CCCc1nnc(NC(=O)NC(C)CC(O)c2ccco2)s1. The Balaban J connectivity index is 1.78. The van der Waals surface area contributed by atoms with Gasteiger partial charge in [0.05, 0.1) is 6.26 Å². The van der Waals surface area contributed by atoms with Gasteiger partial charge >= 0.3 is 6.03 Å². The molecule has 0 saturated carbocycles. The predicted octanol–water partition coefficient (Wildman–Crippen LogP) is 2.72. The number of furan rings is 1. The van der Waals surface area contributed by atoms with E-state index in [4.69, 9.17) is 4.42 Å². The fraction of sp³-hybridized carbons (Fsp3) is 0.500. The number of anilines is 1. The van der Waals surface area contributed by atoms with E-state index in [1.54, 1.807) is 12.1 Å². The van der Waals surface area contributed by atoms with E-state index in [1.165, 1.54) is 17.6 Å². The highest BCUT2D eigenvalue weighted by Crippen LogP contribution is 2.19. The molecule has 3 N–H and O–H groups in total. The molecule has 22 heavy (non-hydrogen) atoms. The molecule has 120 valence electrons. The van der Waals surface area contributed by atoms with Crippen LogP contribution in [0.3, 0.4) is 0 Å². The molecule has 0 aliphatic carbocycles. The molecule has 0 spiro atoms. The molecule has 0 bridgehead atoms. The highest BCUT2D eigenvalue weighted by Gasteiger charge is 2.17. The molecule has 2 aromatic rings. The standard InChI is InChI=1S/C14H20N4O3S/c1-3-5-12-17-18-14(22-12)16-13(20)15-9(2)8-10(19)11-6-4-7-21-11/h4,6-7,9-10,19H,3,5,8H2,1-2H3,(H2,15,16,18,20). The summed E-state index contributed by atoms with van der Waals surface area (Å²) in [4.78, 5) is 11.9. The van der Waals surface area contributed by atoms with Gasteiger partial charge in [-0.3, -0.25) is 5.32 Å². The lowest BCUT2D eigenvalue weighted by molar-refractivity contribution is 0.130. The van der Waals surface area contributed by atoms with E-state index in [0.29, 0.717) is 17.3 Å². The number of aromatic nitrogens is 2. The van der Waals surface area contributed by atoms with E-state index in [0.717, 1.165) is 17.8 Å². The van der Waals surface area contributed by atoms with E-state index in [9.17, 15) is 9.90 Å². The van der Waals surface area contributed by atoms with E-state index < -0.39 is 6.10 Å². The average Bonchev–Trinajstić information content (AvgIpc) is 3.10. The molecule has 7 nitrogen and oxygen atoms in total. The number of aryl methyl sites for hydroxylation is 1. The van der Waals surface area contributed by atoms with Crippen molar-refractivity contribution in [2.24, 2.45) is 0 Å². The van der Waals surface area contributed by atoms with Crippen LogP contribution in [0.5, 0.6) is 0 Å². The molecular formula is C14H20N4O3S. The van der Waals surface area contributed by atoms with Gasteiger partial charge in [-0.1, -0.05) is 18.3 Å². The maximum Gasteiger partial charge on any atom is 0.321 e. The van der Waals surface area contributed by atoms with Crippen LogP contribution < -0.4 is 10.6 Å². The van der Waals surface area contributed by atoms with E-state index >= 15 is 0 Å². The van der Waals surface area contributed by atoms with Crippen molar-refractivity contribution in [3.05, 3.63) is 29.2 Å². The molecule has 8 heteroatoms. The van der Waals surface area contributed by atoms with E-state index in [-0.39, 0.29) is 12.1 Å². The maximum atomic E-state index is 11.9. The minimum absolute atomic E-state index is 0.219. The van der Waals surface area contributed by atoms with Crippen molar-refractivity contribution in [1.29, 1.82) is 0 Å². The molecule has 2 rings (SSSR count). The number of carbonyl (C=O) groups excluding carboxylic acids is 1. The number of urea groups is 1. The Hall–Kier alpha value is -1.93. The molecule has 2 unspecified atom stereocenters. The molecule has 0 aromatic carbocycles. The fourth-order valence-electron chi connectivity index (χ4n) is 1.97. The van der Waals surface area contributed by atoms with Crippen molar-refractivity contribution in [1.82, 2.24) is 15.5 Å². The summed E-state index contributed by atoms with van der Waals surface area (Å²) in [6, 6.07) is 2.84. The maximum absolute atomic E-state index is 11.9. The number of aliphatic hydroxyl groups excluding tert-OH is 1. The Morgan fingerprint density at radius 1 is 1.50 bits per heavy atom. The molecule has 0 aliphatic rings. The second-order valence-electron chi connectivity index (χ2n) is 5.02. The van der Waals surface area contributed by atoms with Crippen LogP contribution in [-0.4, -0.2) is 27.4 Å². The smallest absolute Gasteiger partial charge is 0.321 e. The first kappa shape index (κ1) is 16.4. The third-order valence-electron chi connectivity index (χ3n) is 2.98. The van der Waals surface area contributed by atoms with Crippen molar-refractivity contribution in [2.75, 3.05) is 5.32 Å². The highest BCUT2D eigenvalue weighted by atomic mass is 32.1. The van der Waals surface area contributed by atoms with Gasteiger partial charge < -0.3 is 14.8 Å². The van der Waals surface area contributed by atoms with E-state index in [2.05, 4.69) is 27.8 Å². The summed E-state index contributed by atoms with van der Waals surface area (Å²) in [5.74, 6) is 0.488. The summed E-state index contributed by atoms with van der Waals surface area (Å²) in [6.45, 7) is 3.88. The summed E-state index contributed by atoms with van der Waals surface area (Å²) in [6.07, 6.45) is 2.96. The van der Waals surface area contributed by atoms with Crippen molar-refractivity contribution < 1.29 is 14.3 Å². The van der Waals surface area contributed by atoms with Gasteiger partial charge in [0.25, 0.3) is 0 Å². The number of rotatable bonds is 7. The summed E-state index contributed by atoms with van der Waals surface area (Å²) in [5, 5.41) is 24.6. The number of nitrogens with zero attached hydrogens (tertiary/aromatic N) is 2. The molecule has 0 radical (unpaired) electrons. The van der Waals surface area contributed by atoms with Gasteiger partial charge in [-0.15, -0.1) is 10.2 Å². The fourth-order valence-corrected chi connectivity index (χ4v) is 2.80. The summed E-state index contributed by atoms with van der Waals surface area (Å²) >= 11 is 1.37. The second-order valence-corrected chi connectivity index (χ2v) is 6.08. The number of nitrogens with one attached hydrogen (secondary N) is 2. The van der Waals surface area contributed by atoms with E-state index in [1.807, 2.05) is 6.92 Å². The van der Waals surface area contributed by atoms with Crippen molar-refractivity contribution in [3.63, 3.8) is 0 Å². The lowest BCUT2D eigenvalue weighted by Gasteiger charge is -2.16. The lowest BCUT2D eigenvalue weighted by Crippen LogP contribution is -2.37. The number of hydrogen-bond donors (Lipinski definition) is 3. The molecule has 0 saturated heterocycles. The van der Waals surface area contributed by atoms with Gasteiger partial charge in [-0.2, -0.15) is 0 Å². The quantitative estimate of drug-likeness (QED) is 0.727. The van der Waals surface area contributed by atoms with Crippen molar-refractivity contribution in [3.8, 4) is 0 Å². The molecular weight excluding hydrogens is 304 g/mol. The Kier molecular flexibility index (Phi) is 5.91. The largest absolute Gasteiger partial charge is 0.467 e. The van der Waals surface area contributed by atoms with Crippen LogP contribution in [0, 0.1) is 0 Å². The number of amides is 2. The van der Waals surface area contributed by atoms with Crippen LogP contribution in [0.2, 0.25) is 0 Å². The van der Waals surface area contributed by atoms with Gasteiger partial charge in [0, 0.05) is 18.9 Å².